The number of benzene rings is 1. The molecule has 0 saturated carbocycles. The highest BCUT2D eigenvalue weighted by Gasteiger charge is 2.19. The number of urea groups is 1. The van der Waals surface area contributed by atoms with Crippen molar-refractivity contribution in [3.8, 4) is 0 Å². The molecule has 0 bridgehead atoms. The van der Waals surface area contributed by atoms with Crippen molar-refractivity contribution in [1.82, 2.24) is 4.72 Å². The Morgan fingerprint density at radius 2 is 2.08 bits per heavy atom. The SMILES string of the molecule is O=C1NSc2cc(F)cc(F)c2N1. The van der Waals surface area contributed by atoms with E-state index in [9.17, 15) is 13.6 Å². The smallest absolute Gasteiger partial charge is 0.304 e. The second-order valence-electron chi connectivity index (χ2n) is 2.42. The van der Waals surface area contributed by atoms with Gasteiger partial charge in [-0.2, -0.15) is 0 Å². The molecule has 6 heteroatoms. The summed E-state index contributed by atoms with van der Waals surface area (Å²) in [5, 5.41) is 2.24. The second-order valence-corrected chi connectivity index (χ2v) is 3.27. The number of hydrogen-bond donors (Lipinski definition) is 2. The lowest BCUT2D eigenvalue weighted by molar-refractivity contribution is 0.256. The molecule has 1 aliphatic heterocycles. The first kappa shape index (κ1) is 8.31. The number of nitrogens with one attached hydrogen (secondary N) is 2. The molecule has 68 valence electrons. The van der Waals surface area contributed by atoms with Crippen LogP contribution in [0.15, 0.2) is 17.0 Å². The average Bonchev–Trinajstić information content (AvgIpc) is 2.06. The Balaban J connectivity index is 2.53. The summed E-state index contributed by atoms with van der Waals surface area (Å²) in [7, 11) is 0. The minimum absolute atomic E-state index is 0.0233. The van der Waals surface area contributed by atoms with Crippen molar-refractivity contribution in [2.45, 2.75) is 4.90 Å². The van der Waals surface area contributed by atoms with Gasteiger partial charge >= 0.3 is 6.03 Å². The summed E-state index contributed by atoms with van der Waals surface area (Å²) in [6.45, 7) is 0. The van der Waals surface area contributed by atoms with E-state index < -0.39 is 17.7 Å². The summed E-state index contributed by atoms with van der Waals surface area (Å²) in [5.41, 5.74) is 0.0233. The largest absolute Gasteiger partial charge is 0.329 e. The van der Waals surface area contributed by atoms with Crippen molar-refractivity contribution in [2.75, 3.05) is 5.32 Å². The van der Waals surface area contributed by atoms with E-state index in [2.05, 4.69) is 10.0 Å². The summed E-state index contributed by atoms with van der Waals surface area (Å²) in [6, 6.07) is 1.36. The normalized spacial score (nSPS) is 14.5. The van der Waals surface area contributed by atoms with E-state index in [1.165, 1.54) is 0 Å². The zero-order valence-corrected chi connectivity index (χ0v) is 7.04. The first-order valence-electron chi connectivity index (χ1n) is 3.40. The number of anilines is 1. The van der Waals surface area contributed by atoms with Crippen molar-refractivity contribution in [1.29, 1.82) is 0 Å². The van der Waals surface area contributed by atoms with Crippen LogP contribution < -0.4 is 10.0 Å². The Labute approximate surface area is 76.6 Å². The van der Waals surface area contributed by atoms with E-state index >= 15 is 0 Å². The lowest BCUT2D eigenvalue weighted by Gasteiger charge is -2.17. The Bertz CT molecular complexity index is 383. The van der Waals surface area contributed by atoms with E-state index in [0.717, 1.165) is 24.1 Å². The van der Waals surface area contributed by atoms with Gasteiger partial charge in [0.15, 0.2) is 5.82 Å². The molecule has 0 unspecified atom stereocenters. The summed E-state index contributed by atoms with van der Waals surface area (Å²) in [6.07, 6.45) is 0. The maximum absolute atomic E-state index is 13.0. The third-order valence-electron chi connectivity index (χ3n) is 1.51. The van der Waals surface area contributed by atoms with Crippen LogP contribution >= 0.6 is 11.9 Å². The molecule has 0 radical (unpaired) electrons. The van der Waals surface area contributed by atoms with Gasteiger partial charge in [0, 0.05) is 6.07 Å². The molecular weight excluding hydrogens is 198 g/mol. The van der Waals surface area contributed by atoms with Crippen LogP contribution in [0, 0.1) is 11.6 Å². The molecule has 13 heavy (non-hydrogen) atoms. The van der Waals surface area contributed by atoms with Crippen molar-refractivity contribution >= 4 is 23.7 Å². The first-order valence-corrected chi connectivity index (χ1v) is 4.21. The first-order chi connectivity index (χ1) is 6.16. The molecule has 0 atom stereocenters. The summed E-state index contributed by atoms with van der Waals surface area (Å²) in [4.78, 5) is 11.1. The summed E-state index contributed by atoms with van der Waals surface area (Å²) >= 11 is 0.883. The number of halogens is 2. The van der Waals surface area contributed by atoms with Crippen molar-refractivity contribution < 1.29 is 13.6 Å². The van der Waals surface area contributed by atoms with Crippen LogP contribution in [0.1, 0.15) is 0 Å². The molecule has 0 aromatic heterocycles. The molecule has 1 aromatic carbocycles. The Hall–Kier alpha value is -1.30. The van der Waals surface area contributed by atoms with Crippen LogP contribution in [0.4, 0.5) is 19.3 Å². The van der Waals surface area contributed by atoms with Gasteiger partial charge in [0.05, 0.1) is 10.6 Å². The van der Waals surface area contributed by atoms with Gasteiger partial charge in [0.25, 0.3) is 0 Å². The fourth-order valence-electron chi connectivity index (χ4n) is 0.992. The molecule has 2 amide bonds. The fraction of sp³-hybridized carbons (Fsp3) is 0. The summed E-state index contributed by atoms with van der Waals surface area (Å²) < 4.78 is 28.0. The van der Waals surface area contributed by atoms with Gasteiger partial charge in [0.2, 0.25) is 0 Å². The number of carbonyl (C=O) groups excluding carboxylic acids is 1. The fourth-order valence-corrected chi connectivity index (χ4v) is 1.67. The minimum atomic E-state index is -0.766. The number of carbonyl (C=O) groups is 1. The van der Waals surface area contributed by atoms with Crippen molar-refractivity contribution in [2.24, 2.45) is 0 Å². The molecule has 2 N–H and O–H groups in total. The molecule has 0 fully saturated rings. The molecule has 0 spiro atoms. The van der Waals surface area contributed by atoms with Crippen LogP contribution in [0.5, 0.6) is 0 Å². The lowest BCUT2D eigenvalue weighted by Crippen LogP contribution is -2.27. The Morgan fingerprint density at radius 3 is 2.85 bits per heavy atom. The minimum Gasteiger partial charge on any atom is -0.304 e. The number of hydrogen-bond acceptors (Lipinski definition) is 2. The maximum atomic E-state index is 13.0. The van der Waals surface area contributed by atoms with Gasteiger partial charge < -0.3 is 5.32 Å². The third kappa shape index (κ3) is 1.44. The topological polar surface area (TPSA) is 41.1 Å². The monoisotopic (exact) mass is 202 g/mol. The molecule has 0 aliphatic carbocycles. The van der Waals surface area contributed by atoms with Crippen LogP contribution in [0.2, 0.25) is 0 Å². The van der Waals surface area contributed by atoms with E-state index in [1.54, 1.807) is 0 Å². The van der Waals surface area contributed by atoms with E-state index in [1.807, 2.05) is 0 Å². The predicted molar refractivity (Wildman–Crippen MR) is 44.4 cm³/mol. The zero-order chi connectivity index (χ0) is 9.42. The zero-order valence-electron chi connectivity index (χ0n) is 6.23. The highest BCUT2D eigenvalue weighted by atomic mass is 32.2. The lowest BCUT2D eigenvalue weighted by atomic mass is 10.3. The standard InChI is InChI=1S/C7H4F2N2OS/c8-3-1-4(9)6-5(2-3)13-11-7(12)10-6/h1-2H,(H2,10,11,12). The predicted octanol–water partition coefficient (Wildman–Crippen LogP) is 2.11. The highest BCUT2D eigenvalue weighted by Crippen LogP contribution is 2.31. The van der Waals surface area contributed by atoms with Crippen LogP contribution in [-0.4, -0.2) is 6.03 Å². The maximum Gasteiger partial charge on any atom is 0.329 e. The number of rotatable bonds is 0. The van der Waals surface area contributed by atoms with Gasteiger partial charge in [-0.15, -0.1) is 0 Å². The number of amides is 2. The molecule has 1 heterocycles. The number of fused-ring (bicyclic) bond motifs is 1. The molecular formula is C7H4F2N2OS. The summed E-state index contributed by atoms with van der Waals surface area (Å²) in [5.74, 6) is -1.43. The quantitative estimate of drug-likeness (QED) is 0.632. The van der Waals surface area contributed by atoms with Crippen molar-refractivity contribution in [3.63, 3.8) is 0 Å². The highest BCUT2D eigenvalue weighted by molar-refractivity contribution is 7.98. The Morgan fingerprint density at radius 1 is 1.31 bits per heavy atom. The van der Waals surface area contributed by atoms with E-state index in [4.69, 9.17) is 0 Å². The Kier molecular flexibility index (Phi) is 1.84. The molecule has 1 aromatic rings. The van der Waals surface area contributed by atoms with Gasteiger partial charge in [-0.25, -0.2) is 13.6 Å². The second kappa shape index (κ2) is 2.88. The van der Waals surface area contributed by atoms with Crippen molar-refractivity contribution in [3.05, 3.63) is 23.8 Å². The average molecular weight is 202 g/mol. The molecule has 2 rings (SSSR count). The van der Waals surface area contributed by atoms with Gasteiger partial charge in [-0.3, -0.25) is 4.72 Å². The third-order valence-corrected chi connectivity index (χ3v) is 2.34. The van der Waals surface area contributed by atoms with Gasteiger partial charge in [0.1, 0.15) is 5.82 Å². The van der Waals surface area contributed by atoms with Crippen LogP contribution in [-0.2, 0) is 0 Å². The molecule has 3 nitrogen and oxygen atoms in total. The molecule has 0 saturated heterocycles. The molecule has 1 aliphatic rings. The van der Waals surface area contributed by atoms with E-state index in [0.29, 0.717) is 4.90 Å². The van der Waals surface area contributed by atoms with Gasteiger partial charge in [-0.1, -0.05) is 0 Å². The van der Waals surface area contributed by atoms with E-state index in [-0.39, 0.29) is 5.69 Å². The van der Waals surface area contributed by atoms with Gasteiger partial charge in [-0.05, 0) is 18.0 Å². The van der Waals surface area contributed by atoms with Crippen LogP contribution in [0.3, 0.4) is 0 Å². The van der Waals surface area contributed by atoms with Crippen LogP contribution in [0.25, 0.3) is 0 Å².